The Balaban J connectivity index is 2.16. The van der Waals surface area contributed by atoms with E-state index in [2.05, 4.69) is 27.4 Å². The summed E-state index contributed by atoms with van der Waals surface area (Å²) in [5.41, 5.74) is 0.826. The third kappa shape index (κ3) is 3.29. The average molecular weight is 293 g/mol. The summed E-state index contributed by atoms with van der Waals surface area (Å²) >= 11 is 1.44. The molecule has 1 unspecified atom stereocenters. The molecule has 6 nitrogen and oxygen atoms in total. The van der Waals surface area contributed by atoms with E-state index < -0.39 is 0 Å². The second-order valence-electron chi connectivity index (χ2n) is 4.49. The van der Waals surface area contributed by atoms with Crippen LogP contribution in [0.2, 0.25) is 0 Å². The molecule has 0 amide bonds. The molecule has 20 heavy (non-hydrogen) atoms. The molecule has 0 aromatic carbocycles. The lowest BCUT2D eigenvalue weighted by Gasteiger charge is -2.09. The Kier molecular flexibility index (Phi) is 4.97. The lowest BCUT2D eigenvalue weighted by atomic mass is 10.2. The number of pyridine rings is 1. The molecule has 0 spiro atoms. The number of rotatable bonds is 6. The van der Waals surface area contributed by atoms with E-state index >= 15 is 0 Å². The monoisotopic (exact) mass is 293 g/mol. The van der Waals surface area contributed by atoms with Gasteiger partial charge in [-0.05, 0) is 44.3 Å². The van der Waals surface area contributed by atoms with Crippen molar-refractivity contribution in [2.45, 2.75) is 42.9 Å². The van der Waals surface area contributed by atoms with Gasteiger partial charge < -0.3 is 5.32 Å². The van der Waals surface area contributed by atoms with Crippen molar-refractivity contribution in [3.63, 3.8) is 0 Å². The van der Waals surface area contributed by atoms with E-state index in [0.29, 0.717) is 11.7 Å². The van der Waals surface area contributed by atoms with Crippen LogP contribution in [0.5, 0.6) is 0 Å². The number of nitrogens with one attached hydrogen (secondary N) is 2. The number of H-pyrrole nitrogens is 1. The molecule has 0 saturated carbocycles. The van der Waals surface area contributed by atoms with Crippen molar-refractivity contribution >= 4 is 11.8 Å². The number of nitrogens with zero attached hydrogens (tertiary/aromatic N) is 3. The van der Waals surface area contributed by atoms with Gasteiger partial charge in [-0.2, -0.15) is 0 Å². The fourth-order valence-corrected chi connectivity index (χ4v) is 2.59. The summed E-state index contributed by atoms with van der Waals surface area (Å²) in [5.74, 6) is 0. The highest BCUT2D eigenvalue weighted by Crippen LogP contribution is 2.25. The van der Waals surface area contributed by atoms with Crippen LogP contribution >= 0.6 is 11.8 Å². The minimum atomic E-state index is -0.164. The normalized spacial score (nSPS) is 12.6. The van der Waals surface area contributed by atoms with Crippen LogP contribution in [-0.2, 0) is 6.54 Å². The molecule has 2 aromatic heterocycles. The van der Waals surface area contributed by atoms with Crippen molar-refractivity contribution in [1.29, 1.82) is 0 Å². The molecule has 1 atom stereocenters. The molecule has 2 rings (SSSR count). The zero-order chi connectivity index (χ0) is 14.5. The molecule has 2 aromatic rings. The standard InChI is InChI=1S/C13H19N5OS/c1-4-7-18-12(19)16-17-13(18)20-10-5-6-11(15-8-10)9(2)14-3/h5-6,8-9,14H,4,7H2,1-3H3,(H,16,19). The molecule has 0 saturated heterocycles. The maximum Gasteiger partial charge on any atom is 0.343 e. The number of aromatic nitrogens is 4. The lowest BCUT2D eigenvalue weighted by molar-refractivity contribution is 0.603. The van der Waals surface area contributed by atoms with E-state index in [1.165, 1.54) is 11.8 Å². The zero-order valence-corrected chi connectivity index (χ0v) is 12.7. The minimum Gasteiger partial charge on any atom is -0.312 e. The van der Waals surface area contributed by atoms with E-state index in [-0.39, 0.29) is 11.7 Å². The predicted octanol–water partition coefficient (Wildman–Crippen LogP) is 1.81. The molecule has 2 heterocycles. The minimum absolute atomic E-state index is 0.164. The van der Waals surface area contributed by atoms with Crippen LogP contribution in [0.4, 0.5) is 0 Å². The van der Waals surface area contributed by atoms with Crippen molar-refractivity contribution in [3.05, 3.63) is 34.5 Å². The molecule has 0 radical (unpaired) electrons. The average Bonchev–Trinajstić information content (AvgIpc) is 2.81. The molecule has 0 bridgehead atoms. The maximum absolute atomic E-state index is 11.6. The molecule has 0 aliphatic carbocycles. The molecular formula is C13H19N5OS. The van der Waals surface area contributed by atoms with Gasteiger partial charge >= 0.3 is 5.69 Å². The van der Waals surface area contributed by atoms with Crippen LogP contribution in [0.1, 0.15) is 32.0 Å². The van der Waals surface area contributed by atoms with E-state index in [9.17, 15) is 4.79 Å². The Morgan fingerprint density at radius 1 is 1.50 bits per heavy atom. The maximum atomic E-state index is 11.6. The topological polar surface area (TPSA) is 75.6 Å². The molecule has 0 aliphatic rings. The first kappa shape index (κ1) is 14.8. The van der Waals surface area contributed by atoms with Crippen molar-refractivity contribution in [2.24, 2.45) is 0 Å². The Bertz CT molecular complexity index is 604. The number of aromatic amines is 1. The van der Waals surface area contributed by atoms with E-state index in [1.807, 2.05) is 32.3 Å². The Labute approximate surface area is 122 Å². The van der Waals surface area contributed by atoms with Gasteiger partial charge in [-0.3, -0.25) is 9.55 Å². The van der Waals surface area contributed by atoms with Crippen molar-refractivity contribution in [3.8, 4) is 0 Å². The molecule has 7 heteroatoms. The van der Waals surface area contributed by atoms with Crippen molar-refractivity contribution in [1.82, 2.24) is 25.1 Å². The third-order valence-corrected chi connectivity index (χ3v) is 3.99. The Morgan fingerprint density at radius 2 is 2.30 bits per heavy atom. The molecular weight excluding hydrogens is 274 g/mol. The van der Waals surface area contributed by atoms with E-state index in [4.69, 9.17) is 0 Å². The van der Waals surface area contributed by atoms with E-state index in [0.717, 1.165) is 17.0 Å². The van der Waals surface area contributed by atoms with Gasteiger partial charge in [0, 0.05) is 23.7 Å². The fourth-order valence-electron chi connectivity index (χ4n) is 1.76. The van der Waals surface area contributed by atoms with Crippen molar-refractivity contribution in [2.75, 3.05) is 7.05 Å². The first-order chi connectivity index (χ1) is 9.65. The van der Waals surface area contributed by atoms with Gasteiger partial charge in [0.1, 0.15) is 0 Å². The highest BCUT2D eigenvalue weighted by molar-refractivity contribution is 7.99. The summed E-state index contributed by atoms with van der Waals surface area (Å²) in [7, 11) is 1.90. The summed E-state index contributed by atoms with van der Waals surface area (Å²) in [6.07, 6.45) is 2.70. The third-order valence-electron chi connectivity index (χ3n) is 3.02. The van der Waals surface area contributed by atoms with Crippen LogP contribution in [0.15, 0.2) is 33.2 Å². The van der Waals surface area contributed by atoms with Crippen LogP contribution < -0.4 is 11.0 Å². The van der Waals surface area contributed by atoms with Gasteiger partial charge in [0.25, 0.3) is 0 Å². The predicted molar refractivity (Wildman–Crippen MR) is 79.0 cm³/mol. The lowest BCUT2D eigenvalue weighted by Crippen LogP contribution is -2.17. The van der Waals surface area contributed by atoms with E-state index in [1.54, 1.807) is 4.57 Å². The highest BCUT2D eigenvalue weighted by atomic mass is 32.2. The largest absolute Gasteiger partial charge is 0.343 e. The van der Waals surface area contributed by atoms with Crippen LogP contribution in [0.3, 0.4) is 0 Å². The first-order valence-corrected chi connectivity index (χ1v) is 7.43. The summed E-state index contributed by atoms with van der Waals surface area (Å²) in [6.45, 7) is 4.76. The van der Waals surface area contributed by atoms with Gasteiger partial charge in [0.2, 0.25) is 0 Å². The van der Waals surface area contributed by atoms with Gasteiger partial charge in [-0.1, -0.05) is 6.92 Å². The molecule has 0 fully saturated rings. The second kappa shape index (κ2) is 6.71. The number of hydrogen-bond donors (Lipinski definition) is 2. The summed E-state index contributed by atoms with van der Waals surface area (Å²) in [6, 6.07) is 4.20. The smallest absolute Gasteiger partial charge is 0.312 e. The second-order valence-corrected chi connectivity index (χ2v) is 5.53. The molecule has 2 N–H and O–H groups in total. The van der Waals surface area contributed by atoms with Gasteiger partial charge in [-0.15, -0.1) is 5.10 Å². The van der Waals surface area contributed by atoms with Crippen LogP contribution in [0, 0.1) is 0 Å². The highest BCUT2D eigenvalue weighted by Gasteiger charge is 2.10. The summed E-state index contributed by atoms with van der Waals surface area (Å²) in [4.78, 5) is 17.0. The SMILES string of the molecule is CCCn1c(Sc2ccc(C(C)NC)nc2)n[nH]c1=O. The van der Waals surface area contributed by atoms with Gasteiger partial charge in [0.05, 0.1) is 5.69 Å². The Hall–Kier alpha value is -1.60. The first-order valence-electron chi connectivity index (χ1n) is 6.62. The Morgan fingerprint density at radius 3 is 2.90 bits per heavy atom. The van der Waals surface area contributed by atoms with Crippen molar-refractivity contribution < 1.29 is 0 Å². The van der Waals surface area contributed by atoms with Crippen LogP contribution in [-0.4, -0.2) is 26.8 Å². The van der Waals surface area contributed by atoms with Crippen LogP contribution in [0.25, 0.3) is 0 Å². The van der Waals surface area contributed by atoms with Gasteiger partial charge in [0.15, 0.2) is 5.16 Å². The quantitative estimate of drug-likeness (QED) is 0.849. The molecule has 0 aliphatic heterocycles. The summed E-state index contributed by atoms with van der Waals surface area (Å²) in [5, 5.41) is 10.4. The summed E-state index contributed by atoms with van der Waals surface area (Å²) < 4.78 is 1.65. The number of hydrogen-bond acceptors (Lipinski definition) is 5. The fraction of sp³-hybridized carbons (Fsp3) is 0.462. The molecule has 108 valence electrons. The van der Waals surface area contributed by atoms with Gasteiger partial charge in [-0.25, -0.2) is 9.89 Å². The zero-order valence-electron chi connectivity index (χ0n) is 11.9.